The van der Waals surface area contributed by atoms with Gasteiger partial charge >= 0.3 is 13.4 Å². The maximum absolute atomic E-state index is 12.0. The molecule has 0 atom stereocenters. The third kappa shape index (κ3) is 2.24. The van der Waals surface area contributed by atoms with Crippen molar-refractivity contribution in [1.82, 2.24) is 0 Å². The van der Waals surface area contributed by atoms with Gasteiger partial charge in [0.2, 0.25) is 0 Å². The molecule has 0 N–H and O–H groups in total. The SMILES string of the molecule is COC(=O)c1cc[n+](B(F)F)cc1. The fraction of sp³-hybridized carbons (Fsp3) is 0.143. The molecule has 0 aromatic carbocycles. The van der Waals surface area contributed by atoms with Crippen molar-refractivity contribution in [3.05, 3.63) is 30.1 Å². The van der Waals surface area contributed by atoms with Crippen molar-refractivity contribution in [2.75, 3.05) is 7.11 Å². The van der Waals surface area contributed by atoms with Crippen LogP contribution >= 0.6 is 0 Å². The zero-order valence-electron chi connectivity index (χ0n) is 6.91. The zero-order chi connectivity index (χ0) is 9.84. The summed E-state index contributed by atoms with van der Waals surface area (Å²) < 4.78 is 29.1. The summed E-state index contributed by atoms with van der Waals surface area (Å²) in [6, 6.07) is 2.55. The van der Waals surface area contributed by atoms with Crippen LogP contribution in [0.15, 0.2) is 24.5 Å². The van der Waals surface area contributed by atoms with Crippen LogP contribution in [0.2, 0.25) is 0 Å². The van der Waals surface area contributed by atoms with E-state index >= 15 is 0 Å². The normalized spacial score (nSPS) is 9.46. The van der Waals surface area contributed by atoms with Gasteiger partial charge in [0.1, 0.15) is 12.4 Å². The molecule has 0 radical (unpaired) electrons. The Bertz CT molecular complexity index is 302. The molecule has 6 heteroatoms. The molecular weight excluding hydrogens is 179 g/mol. The monoisotopic (exact) mass is 186 g/mol. The molecule has 0 amide bonds. The van der Waals surface area contributed by atoms with Crippen LogP contribution in [0.5, 0.6) is 0 Å². The summed E-state index contributed by atoms with van der Waals surface area (Å²) in [6.45, 7) is 0. The molecule has 0 spiro atoms. The Balaban J connectivity index is 2.87. The van der Waals surface area contributed by atoms with E-state index in [0.717, 1.165) is 12.4 Å². The Labute approximate surface area is 74.1 Å². The van der Waals surface area contributed by atoms with E-state index in [4.69, 9.17) is 0 Å². The molecule has 1 heterocycles. The van der Waals surface area contributed by atoms with Crippen molar-refractivity contribution >= 4 is 13.4 Å². The van der Waals surface area contributed by atoms with E-state index in [9.17, 15) is 13.4 Å². The lowest BCUT2D eigenvalue weighted by atomic mass is 10.2. The average Bonchev–Trinajstić information content (AvgIpc) is 2.17. The summed E-state index contributed by atoms with van der Waals surface area (Å²) in [5.74, 6) is -0.540. The standard InChI is InChI=1S/C7H7BF2NO2/c1-13-7(12)6-2-4-11(5-3-6)8(9)10/h2-5H,1H3/q+1. The van der Waals surface area contributed by atoms with Crippen molar-refractivity contribution in [2.24, 2.45) is 0 Å². The number of hydrogen-bond donors (Lipinski definition) is 0. The van der Waals surface area contributed by atoms with Gasteiger partial charge in [-0.15, -0.1) is 0 Å². The summed E-state index contributed by atoms with van der Waals surface area (Å²) in [6.07, 6.45) is 2.24. The van der Waals surface area contributed by atoms with Crippen LogP contribution in [0.25, 0.3) is 0 Å². The molecule has 0 saturated heterocycles. The van der Waals surface area contributed by atoms with Crippen LogP contribution < -0.4 is 4.48 Å². The number of carbonyl (C=O) groups is 1. The van der Waals surface area contributed by atoms with E-state index in [0.29, 0.717) is 4.48 Å². The van der Waals surface area contributed by atoms with Crippen LogP contribution in [0.4, 0.5) is 8.63 Å². The van der Waals surface area contributed by atoms with Crippen molar-refractivity contribution < 1.29 is 22.6 Å². The predicted molar refractivity (Wildman–Crippen MR) is 41.3 cm³/mol. The summed E-state index contributed by atoms with van der Waals surface area (Å²) >= 11 is 0. The lowest BCUT2D eigenvalue weighted by Crippen LogP contribution is -2.44. The second-order valence-corrected chi connectivity index (χ2v) is 2.30. The van der Waals surface area contributed by atoms with Crippen molar-refractivity contribution in [3.63, 3.8) is 0 Å². The van der Waals surface area contributed by atoms with E-state index in [1.165, 1.54) is 19.2 Å². The minimum Gasteiger partial charge on any atom is -0.465 e. The number of nitrogens with zero attached hydrogens (tertiary/aromatic N) is 1. The lowest BCUT2D eigenvalue weighted by molar-refractivity contribution is -0.554. The van der Waals surface area contributed by atoms with Crippen molar-refractivity contribution in [1.29, 1.82) is 0 Å². The van der Waals surface area contributed by atoms with Crippen molar-refractivity contribution in [3.8, 4) is 0 Å². The van der Waals surface area contributed by atoms with Crippen LogP contribution in [0, 0.1) is 0 Å². The average molecular weight is 186 g/mol. The Morgan fingerprint density at radius 2 is 2.00 bits per heavy atom. The zero-order valence-corrected chi connectivity index (χ0v) is 6.91. The highest BCUT2D eigenvalue weighted by Crippen LogP contribution is 1.97. The van der Waals surface area contributed by atoms with Gasteiger partial charge in [-0.3, -0.25) is 0 Å². The number of ether oxygens (including phenoxy) is 1. The first kappa shape index (κ1) is 9.63. The molecule has 0 aliphatic carbocycles. The van der Waals surface area contributed by atoms with E-state index in [1.54, 1.807) is 0 Å². The van der Waals surface area contributed by atoms with Gasteiger partial charge in [0.05, 0.1) is 12.7 Å². The minimum absolute atomic E-state index is 0.249. The van der Waals surface area contributed by atoms with E-state index in [1.807, 2.05) is 0 Å². The van der Waals surface area contributed by atoms with Gasteiger partial charge in [-0.25, -0.2) is 17.9 Å². The number of carbonyl (C=O) groups excluding carboxylic acids is 1. The molecule has 0 unspecified atom stereocenters. The summed E-state index contributed by atoms with van der Waals surface area (Å²) in [5, 5.41) is 0. The molecule has 0 aliphatic rings. The third-order valence-electron chi connectivity index (χ3n) is 1.50. The van der Waals surface area contributed by atoms with E-state index in [2.05, 4.69) is 4.74 Å². The Kier molecular flexibility index (Phi) is 2.95. The summed E-state index contributed by atoms with van der Waals surface area (Å²) in [4.78, 5) is 10.9. The fourth-order valence-corrected chi connectivity index (χ4v) is 0.822. The fourth-order valence-electron chi connectivity index (χ4n) is 0.822. The smallest absolute Gasteiger partial charge is 0.465 e. The highest BCUT2D eigenvalue weighted by Gasteiger charge is 2.31. The number of halogens is 2. The number of pyridine rings is 1. The molecule has 68 valence electrons. The number of esters is 1. The molecule has 3 nitrogen and oxygen atoms in total. The first-order valence-electron chi connectivity index (χ1n) is 3.52. The third-order valence-corrected chi connectivity index (χ3v) is 1.50. The molecule has 1 aromatic heterocycles. The molecule has 13 heavy (non-hydrogen) atoms. The Morgan fingerprint density at radius 3 is 2.38 bits per heavy atom. The molecular formula is C7H7BF2NO2+. The molecule has 1 aromatic rings. The van der Waals surface area contributed by atoms with Crippen LogP contribution in [0.3, 0.4) is 0 Å². The quantitative estimate of drug-likeness (QED) is 0.498. The summed E-state index contributed by atoms with van der Waals surface area (Å²) in [7, 11) is -1.36. The van der Waals surface area contributed by atoms with Crippen LogP contribution in [-0.2, 0) is 4.74 Å². The minimum atomic E-state index is -2.59. The number of aromatic nitrogens is 1. The molecule has 1 rings (SSSR count). The highest BCUT2D eigenvalue weighted by atomic mass is 19.2. The second kappa shape index (κ2) is 3.98. The maximum atomic E-state index is 12.0. The Hall–Kier alpha value is -1.46. The summed E-state index contributed by atoms with van der Waals surface area (Å²) in [5.41, 5.74) is 0.249. The largest absolute Gasteiger partial charge is 0.934 e. The molecule has 0 saturated carbocycles. The van der Waals surface area contributed by atoms with Gasteiger partial charge in [-0.2, -0.15) is 0 Å². The molecule has 0 fully saturated rings. The number of rotatable bonds is 2. The van der Waals surface area contributed by atoms with E-state index < -0.39 is 13.4 Å². The van der Waals surface area contributed by atoms with Gasteiger partial charge in [0.25, 0.3) is 0 Å². The first-order chi connectivity index (χ1) is 6.15. The number of methoxy groups -OCH3 is 1. The van der Waals surface area contributed by atoms with Gasteiger partial charge in [0.15, 0.2) is 0 Å². The highest BCUT2D eigenvalue weighted by molar-refractivity contribution is 6.31. The van der Waals surface area contributed by atoms with Gasteiger partial charge in [-0.05, 0) is 0 Å². The van der Waals surface area contributed by atoms with Gasteiger partial charge in [0, 0.05) is 12.1 Å². The van der Waals surface area contributed by atoms with Crippen molar-refractivity contribution in [2.45, 2.75) is 0 Å². The topological polar surface area (TPSA) is 30.2 Å². The van der Waals surface area contributed by atoms with Gasteiger partial charge < -0.3 is 4.74 Å². The van der Waals surface area contributed by atoms with E-state index in [-0.39, 0.29) is 5.56 Å². The predicted octanol–water partition coefficient (Wildman–Crippen LogP) is 0.533. The first-order valence-corrected chi connectivity index (χ1v) is 3.52. The maximum Gasteiger partial charge on any atom is 0.934 e. The van der Waals surface area contributed by atoms with Gasteiger partial charge in [-0.1, -0.05) is 0 Å². The van der Waals surface area contributed by atoms with Crippen LogP contribution in [0.1, 0.15) is 10.4 Å². The second-order valence-electron chi connectivity index (χ2n) is 2.30. The van der Waals surface area contributed by atoms with Crippen LogP contribution in [-0.4, -0.2) is 20.5 Å². The molecule has 0 bridgehead atoms. The lowest BCUT2D eigenvalue weighted by Gasteiger charge is -1.96. The molecule has 0 aliphatic heterocycles. The Morgan fingerprint density at radius 1 is 1.46 bits per heavy atom. The number of hydrogen-bond acceptors (Lipinski definition) is 2.